The molecule has 0 aliphatic carbocycles. The molecule has 0 unspecified atom stereocenters. The fourth-order valence-corrected chi connectivity index (χ4v) is 4.05. The van der Waals surface area contributed by atoms with Gasteiger partial charge >= 0.3 is 5.97 Å². The fraction of sp³-hybridized carbons (Fsp3) is 0.269. The first-order valence-corrected chi connectivity index (χ1v) is 12.4. The lowest BCUT2D eigenvalue weighted by Gasteiger charge is -2.40. The lowest BCUT2D eigenvalue weighted by Crippen LogP contribution is -2.63. The highest BCUT2D eigenvalue weighted by atomic mass is 16.4. The number of benzene rings is 2. The number of aliphatic imine (C=N–C) groups is 1. The molecule has 0 bridgehead atoms. The summed E-state index contributed by atoms with van der Waals surface area (Å²) in [6.07, 6.45) is 0. The molecule has 10 N–H and O–H groups in total. The maximum atomic E-state index is 13.1. The summed E-state index contributed by atoms with van der Waals surface area (Å²) < 4.78 is 0. The number of nitrogen functional groups attached to an aromatic ring is 1. The second kappa shape index (κ2) is 13.5. The number of nitrogens with zero attached hydrogens (tertiary/aromatic N) is 3. The number of nitrogens with one attached hydrogen (secondary N) is 3. The molecule has 216 valence electrons. The SMILES string of the molecule is N=C(N)c1ccc(C(=O)NCC(=O)N2CCN(CC(=O)O)C(=O)[C@@H]2CNC(=O)c2ccc(CN=C(N)N)cc2)cc1. The standard InChI is InChI=1S/C26H31N9O6/c27-22(28)16-5-7-18(8-6-16)24(40)32-13-20(36)35-10-9-34(14-21(37)38)25(41)19(35)12-31-23(39)17-3-1-15(2-4-17)11-33-26(29)30/h1-8,19H,9-14H2,(H3,27,28)(H,31,39)(H,32,40)(H,37,38)(H4,29,30,33)/t19-/m0/s1. The molecule has 0 aromatic heterocycles. The number of amidine groups is 1. The molecule has 3 rings (SSSR count). The van der Waals surface area contributed by atoms with Gasteiger partial charge in [-0.05, 0) is 29.8 Å². The Morgan fingerprint density at radius 2 is 1.46 bits per heavy atom. The van der Waals surface area contributed by atoms with Gasteiger partial charge in [0.05, 0.1) is 13.1 Å². The minimum Gasteiger partial charge on any atom is -0.480 e. The number of rotatable bonds is 11. The van der Waals surface area contributed by atoms with Crippen molar-refractivity contribution in [2.24, 2.45) is 22.2 Å². The van der Waals surface area contributed by atoms with Crippen molar-refractivity contribution in [1.82, 2.24) is 20.4 Å². The number of aliphatic carboxylic acids is 1. The topological polar surface area (TPSA) is 250 Å². The molecule has 2 aromatic carbocycles. The van der Waals surface area contributed by atoms with Crippen LogP contribution in [0.3, 0.4) is 0 Å². The van der Waals surface area contributed by atoms with Crippen LogP contribution in [0.1, 0.15) is 31.8 Å². The smallest absolute Gasteiger partial charge is 0.323 e. The van der Waals surface area contributed by atoms with E-state index in [4.69, 9.17) is 22.6 Å². The van der Waals surface area contributed by atoms with E-state index in [0.29, 0.717) is 5.56 Å². The van der Waals surface area contributed by atoms with Crippen LogP contribution in [0.5, 0.6) is 0 Å². The van der Waals surface area contributed by atoms with Crippen molar-refractivity contribution in [3.63, 3.8) is 0 Å². The van der Waals surface area contributed by atoms with Gasteiger partial charge in [0.15, 0.2) is 5.96 Å². The molecule has 0 radical (unpaired) electrons. The van der Waals surface area contributed by atoms with Crippen LogP contribution in [0.4, 0.5) is 0 Å². The first kappa shape index (κ1) is 30.1. The van der Waals surface area contributed by atoms with Crippen molar-refractivity contribution in [3.05, 3.63) is 70.8 Å². The van der Waals surface area contributed by atoms with Crippen LogP contribution in [0.2, 0.25) is 0 Å². The highest BCUT2D eigenvalue weighted by Gasteiger charge is 2.38. The van der Waals surface area contributed by atoms with E-state index in [2.05, 4.69) is 15.6 Å². The van der Waals surface area contributed by atoms with Crippen molar-refractivity contribution in [1.29, 1.82) is 5.41 Å². The van der Waals surface area contributed by atoms with E-state index in [1.165, 1.54) is 29.2 Å². The summed E-state index contributed by atoms with van der Waals surface area (Å²) in [5.74, 6) is -3.75. The number of hydrogen-bond donors (Lipinski definition) is 7. The van der Waals surface area contributed by atoms with E-state index in [1.807, 2.05) is 0 Å². The van der Waals surface area contributed by atoms with Crippen LogP contribution < -0.4 is 27.8 Å². The molecular weight excluding hydrogens is 534 g/mol. The molecule has 2 aromatic rings. The Hall–Kier alpha value is -5.47. The number of nitrogens with two attached hydrogens (primary N) is 3. The molecule has 41 heavy (non-hydrogen) atoms. The van der Waals surface area contributed by atoms with Crippen LogP contribution in [0, 0.1) is 5.41 Å². The summed E-state index contributed by atoms with van der Waals surface area (Å²) in [5, 5.41) is 21.7. The normalized spacial score (nSPS) is 14.6. The van der Waals surface area contributed by atoms with Gasteiger partial charge in [0.25, 0.3) is 11.8 Å². The molecule has 1 atom stereocenters. The number of carboxylic acid groups (broad SMARTS) is 1. The lowest BCUT2D eigenvalue weighted by molar-refractivity contribution is -0.154. The number of piperazine rings is 1. The zero-order valence-electron chi connectivity index (χ0n) is 22.0. The van der Waals surface area contributed by atoms with Crippen LogP contribution in [0.15, 0.2) is 53.5 Å². The van der Waals surface area contributed by atoms with E-state index in [-0.39, 0.29) is 49.1 Å². The van der Waals surface area contributed by atoms with Gasteiger partial charge in [0, 0.05) is 36.3 Å². The summed E-state index contributed by atoms with van der Waals surface area (Å²) in [4.78, 5) is 68.9. The van der Waals surface area contributed by atoms with Crippen molar-refractivity contribution < 1.29 is 29.1 Å². The minimum atomic E-state index is -1.22. The molecule has 1 heterocycles. The number of hydrogen-bond acceptors (Lipinski definition) is 7. The van der Waals surface area contributed by atoms with Gasteiger partial charge < -0.3 is 42.7 Å². The summed E-state index contributed by atoms with van der Waals surface area (Å²) in [5.41, 5.74) is 17.8. The van der Waals surface area contributed by atoms with Gasteiger partial charge in [-0.15, -0.1) is 0 Å². The molecule has 1 aliphatic heterocycles. The number of carbonyl (C=O) groups excluding carboxylic acids is 4. The third-order valence-corrected chi connectivity index (χ3v) is 6.20. The second-order valence-electron chi connectivity index (χ2n) is 9.08. The van der Waals surface area contributed by atoms with Crippen molar-refractivity contribution in [3.8, 4) is 0 Å². The van der Waals surface area contributed by atoms with Gasteiger partial charge in [0.2, 0.25) is 11.8 Å². The van der Waals surface area contributed by atoms with Gasteiger partial charge in [-0.3, -0.25) is 29.4 Å². The van der Waals surface area contributed by atoms with Crippen molar-refractivity contribution in [2.75, 3.05) is 32.7 Å². The number of carbonyl (C=O) groups is 5. The molecule has 1 fully saturated rings. The molecule has 15 heteroatoms. The molecule has 0 saturated carbocycles. The average Bonchev–Trinajstić information content (AvgIpc) is 2.94. The quantitative estimate of drug-likeness (QED) is 0.118. The fourth-order valence-electron chi connectivity index (χ4n) is 4.05. The zero-order valence-corrected chi connectivity index (χ0v) is 22.0. The number of amides is 4. The van der Waals surface area contributed by atoms with E-state index < -0.39 is 48.7 Å². The molecular formula is C26H31N9O6. The molecule has 15 nitrogen and oxygen atoms in total. The third kappa shape index (κ3) is 8.26. The summed E-state index contributed by atoms with van der Waals surface area (Å²) in [7, 11) is 0. The van der Waals surface area contributed by atoms with Crippen LogP contribution in [-0.2, 0) is 20.9 Å². The summed E-state index contributed by atoms with van der Waals surface area (Å²) >= 11 is 0. The van der Waals surface area contributed by atoms with Gasteiger partial charge in [0.1, 0.15) is 18.4 Å². The van der Waals surface area contributed by atoms with Crippen LogP contribution in [-0.4, -0.2) is 95.1 Å². The Morgan fingerprint density at radius 1 is 0.902 bits per heavy atom. The first-order chi connectivity index (χ1) is 19.5. The van der Waals surface area contributed by atoms with Crippen molar-refractivity contribution in [2.45, 2.75) is 12.6 Å². The second-order valence-corrected chi connectivity index (χ2v) is 9.08. The summed E-state index contributed by atoms with van der Waals surface area (Å²) in [6.45, 7) is -1.08. The predicted octanol–water partition coefficient (Wildman–Crippen LogP) is -1.97. The predicted molar refractivity (Wildman–Crippen MR) is 148 cm³/mol. The minimum absolute atomic E-state index is 0.00105. The first-order valence-electron chi connectivity index (χ1n) is 12.4. The number of guanidine groups is 1. The van der Waals surface area contributed by atoms with Gasteiger partial charge in [-0.1, -0.05) is 24.3 Å². The Morgan fingerprint density at radius 3 is 2.02 bits per heavy atom. The molecule has 1 saturated heterocycles. The van der Waals surface area contributed by atoms with Gasteiger partial charge in [-0.25, -0.2) is 4.99 Å². The van der Waals surface area contributed by atoms with E-state index >= 15 is 0 Å². The Bertz CT molecular complexity index is 1350. The largest absolute Gasteiger partial charge is 0.480 e. The number of carboxylic acids is 1. The monoisotopic (exact) mass is 565 g/mol. The Labute approximate surface area is 234 Å². The maximum absolute atomic E-state index is 13.1. The van der Waals surface area contributed by atoms with E-state index in [0.717, 1.165) is 10.5 Å². The maximum Gasteiger partial charge on any atom is 0.323 e. The van der Waals surface area contributed by atoms with Crippen LogP contribution in [0.25, 0.3) is 0 Å². The molecule has 0 spiro atoms. The van der Waals surface area contributed by atoms with Crippen LogP contribution >= 0.6 is 0 Å². The summed E-state index contributed by atoms with van der Waals surface area (Å²) in [6, 6.07) is 11.1. The molecule has 4 amide bonds. The van der Waals surface area contributed by atoms with Crippen molar-refractivity contribution >= 4 is 41.4 Å². The Kier molecular flexibility index (Phi) is 9.94. The van der Waals surface area contributed by atoms with E-state index in [1.54, 1.807) is 24.3 Å². The highest BCUT2D eigenvalue weighted by Crippen LogP contribution is 2.13. The van der Waals surface area contributed by atoms with E-state index in [9.17, 15) is 29.1 Å². The highest BCUT2D eigenvalue weighted by molar-refractivity contribution is 6.00. The average molecular weight is 566 g/mol. The Balaban J connectivity index is 1.67. The zero-order chi connectivity index (χ0) is 30.1. The third-order valence-electron chi connectivity index (χ3n) is 6.20. The lowest BCUT2D eigenvalue weighted by atomic mass is 10.1. The molecule has 1 aliphatic rings. The van der Waals surface area contributed by atoms with Gasteiger partial charge in [-0.2, -0.15) is 0 Å².